The lowest BCUT2D eigenvalue weighted by molar-refractivity contribution is -0.124. The molecule has 29 heavy (non-hydrogen) atoms. The van der Waals surface area contributed by atoms with Crippen molar-refractivity contribution in [1.82, 2.24) is 9.88 Å². The second-order valence-electron chi connectivity index (χ2n) is 7.09. The molecule has 0 atom stereocenters. The molecule has 1 aliphatic heterocycles. The highest BCUT2D eigenvalue weighted by Crippen LogP contribution is 2.39. The summed E-state index contributed by atoms with van der Waals surface area (Å²) in [6.07, 6.45) is 8.99. The molecule has 2 fully saturated rings. The summed E-state index contributed by atoms with van der Waals surface area (Å²) in [6.45, 7) is 0. The lowest BCUT2D eigenvalue weighted by Crippen LogP contribution is -2.40. The highest BCUT2D eigenvalue weighted by molar-refractivity contribution is 8.18. The topological polar surface area (TPSA) is 75.0 Å². The maximum Gasteiger partial charge on any atom is 0.267 e. The number of phenolic OH excluding ortho intramolecular Hbond substituents is 1. The quantitative estimate of drug-likeness (QED) is 0.739. The third kappa shape index (κ3) is 4.29. The van der Waals surface area contributed by atoms with Gasteiger partial charge in [0, 0.05) is 12.2 Å². The van der Waals surface area contributed by atoms with Crippen molar-refractivity contribution in [1.29, 1.82) is 0 Å². The molecule has 2 aromatic rings. The summed E-state index contributed by atoms with van der Waals surface area (Å²) in [6, 6.07) is 10.8. The number of amidine groups is 1. The van der Waals surface area contributed by atoms with Gasteiger partial charge in [-0.1, -0.05) is 31.4 Å². The van der Waals surface area contributed by atoms with Gasteiger partial charge >= 0.3 is 0 Å². The largest absolute Gasteiger partial charge is 0.504 e. The van der Waals surface area contributed by atoms with E-state index in [1.807, 2.05) is 29.2 Å². The number of hydrogen-bond acceptors (Lipinski definition) is 6. The fraction of sp³-hybridized carbons (Fsp3) is 0.318. The van der Waals surface area contributed by atoms with Crippen LogP contribution in [-0.2, 0) is 4.79 Å². The number of pyridine rings is 1. The Balaban J connectivity index is 1.69. The number of aliphatic imine (C=N–C) groups is 1. The highest BCUT2D eigenvalue weighted by Gasteiger charge is 2.38. The van der Waals surface area contributed by atoms with Gasteiger partial charge in [-0.2, -0.15) is 0 Å². The van der Waals surface area contributed by atoms with Gasteiger partial charge in [0.2, 0.25) is 0 Å². The Labute approximate surface area is 174 Å². The van der Waals surface area contributed by atoms with Crippen LogP contribution in [0.4, 0.5) is 5.82 Å². The molecule has 1 saturated heterocycles. The fourth-order valence-corrected chi connectivity index (χ4v) is 4.73. The lowest BCUT2D eigenvalue weighted by atomic mass is 9.94. The molecule has 0 spiro atoms. The summed E-state index contributed by atoms with van der Waals surface area (Å²) in [7, 11) is 1.50. The molecule has 1 amide bonds. The number of carbonyl (C=O) groups excluding carboxylic acids is 1. The van der Waals surface area contributed by atoms with Gasteiger partial charge in [0.15, 0.2) is 22.5 Å². The molecule has 1 aromatic heterocycles. The number of nitrogens with zero attached hydrogens (tertiary/aromatic N) is 3. The predicted molar refractivity (Wildman–Crippen MR) is 115 cm³/mol. The summed E-state index contributed by atoms with van der Waals surface area (Å²) in [5, 5.41) is 10.5. The van der Waals surface area contributed by atoms with Crippen molar-refractivity contribution in [3.63, 3.8) is 0 Å². The first-order chi connectivity index (χ1) is 14.2. The van der Waals surface area contributed by atoms with Crippen LogP contribution in [0.15, 0.2) is 52.5 Å². The van der Waals surface area contributed by atoms with Gasteiger partial charge < -0.3 is 9.84 Å². The first kappa shape index (κ1) is 19.5. The zero-order valence-electron chi connectivity index (χ0n) is 16.2. The average molecular weight is 410 g/mol. The number of aromatic hydroxyl groups is 1. The minimum absolute atomic E-state index is 0.0244. The summed E-state index contributed by atoms with van der Waals surface area (Å²) in [5.41, 5.74) is 0.790. The molecular weight excluding hydrogens is 386 g/mol. The van der Waals surface area contributed by atoms with Crippen LogP contribution in [0, 0.1) is 0 Å². The second kappa shape index (κ2) is 8.69. The third-order valence-electron chi connectivity index (χ3n) is 5.14. The maximum atomic E-state index is 13.3. The molecule has 1 aromatic carbocycles. The van der Waals surface area contributed by atoms with Crippen molar-refractivity contribution in [3.05, 3.63) is 53.1 Å². The molecule has 150 valence electrons. The van der Waals surface area contributed by atoms with Crippen LogP contribution in [0.25, 0.3) is 6.08 Å². The van der Waals surface area contributed by atoms with E-state index in [0.717, 1.165) is 31.2 Å². The number of thioether (sulfide) groups is 1. The molecule has 6 nitrogen and oxygen atoms in total. The van der Waals surface area contributed by atoms with E-state index in [1.54, 1.807) is 24.4 Å². The smallest absolute Gasteiger partial charge is 0.267 e. The third-order valence-corrected chi connectivity index (χ3v) is 6.12. The average Bonchev–Trinajstić information content (AvgIpc) is 3.05. The SMILES string of the molecule is COc1cc(/C=C2\S/C(=N/c3ccccn3)N(C3CCCCC3)C2=O)ccc1O. The highest BCUT2D eigenvalue weighted by atomic mass is 32.2. The maximum absolute atomic E-state index is 13.3. The van der Waals surface area contributed by atoms with E-state index < -0.39 is 0 Å². The summed E-state index contributed by atoms with van der Waals surface area (Å²) >= 11 is 1.37. The van der Waals surface area contributed by atoms with Crippen LogP contribution >= 0.6 is 11.8 Å². The molecule has 2 heterocycles. The minimum Gasteiger partial charge on any atom is -0.504 e. The zero-order valence-corrected chi connectivity index (χ0v) is 17.1. The van der Waals surface area contributed by atoms with Crippen LogP contribution in [0.3, 0.4) is 0 Å². The normalized spacial score (nSPS) is 20.6. The second-order valence-corrected chi connectivity index (χ2v) is 8.10. The first-order valence-electron chi connectivity index (χ1n) is 9.75. The number of carbonyl (C=O) groups is 1. The van der Waals surface area contributed by atoms with Crippen LogP contribution in [-0.4, -0.2) is 39.2 Å². The number of methoxy groups -OCH3 is 1. The van der Waals surface area contributed by atoms with Crippen molar-refractivity contribution < 1.29 is 14.6 Å². The molecule has 0 bridgehead atoms. The van der Waals surface area contributed by atoms with Crippen molar-refractivity contribution >= 4 is 34.7 Å². The van der Waals surface area contributed by atoms with Gasteiger partial charge in [0.05, 0.1) is 12.0 Å². The summed E-state index contributed by atoms with van der Waals surface area (Å²) < 4.78 is 5.18. The van der Waals surface area contributed by atoms with Crippen LogP contribution in [0.1, 0.15) is 37.7 Å². The summed E-state index contributed by atoms with van der Waals surface area (Å²) in [4.78, 5) is 24.7. The molecule has 4 rings (SSSR count). The van der Waals surface area contributed by atoms with Gasteiger partial charge in [-0.25, -0.2) is 9.98 Å². The Morgan fingerprint density at radius 3 is 2.79 bits per heavy atom. The molecule has 0 unspecified atom stereocenters. The monoisotopic (exact) mass is 409 g/mol. The van der Waals surface area contributed by atoms with E-state index in [4.69, 9.17) is 4.74 Å². The van der Waals surface area contributed by atoms with E-state index in [-0.39, 0.29) is 17.7 Å². The number of aromatic nitrogens is 1. The van der Waals surface area contributed by atoms with Crippen LogP contribution in [0.5, 0.6) is 11.5 Å². The van der Waals surface area contributed by atoms with E-state index >= 15 is 0 Å². The van der Waals surface area contributed by atoms with Crippen LogP contribution < -0.4 is 4.74 Å². The Morgan fingerprint density at radius 1 is 1.24 bits per heavy atom. The van der Waals surface area contributed by atoms with E-state index in [9.17, 15) is 9.90 Å². The molecular formula is C22H23N3O3S. The Bertz CT molecular complexity index is 953. The number of benzene rings is 1. The predicted octanol–water partition coefficient (Wildman–Crippen LogP) is 4.73. The number of amides is 1. The molecule has 1 N–H and O–H groups in total. The van der Waals surface area contributed by atoms with Gasteiger partial charge in [-0.3, -0.25) is 9.69 Å². The lowest BCUT2D eigenvalue weighted by Gasteiger charge is -2.30. The molecule has 2 aliphatic rings. The van der Waals surface area contributed by atoms with Gasteiger partial charge in [-0.15, -0.1) is 0 Å². The van der Waals surface area contributed by atoms with Crippen molar-refractivity contribution in [2.45, 2.75) is 38.1 Å². The molecule has 1 aliphatic carbocycles. The molecule has 1 saturated carbocycles. The Kier molecular flexibility index (Phi) is 5.85. The van der Waals surface area contributed by atoms with Crippen LogP contribution in [0.2, 0.25) is 0 Å². The summed E-state index contributed by atoms with van der Waals surface area (Å²) in [5.74, 6) is 1.02. The fourth-order valence-electron chi connectivity index (χ4n) is 3.68. The van der Waals surface area contributed by atoms with E-state index in [2.05, 4.69) is 9.98 Å². The Hall–Kier alpha value is -2.80. The van der Waals surface area contributed by atoms with Crippen molar-refractivity contribution in [2.24, 2.45) is 4.99 Å². The first-order valence-corrected chi connectivity index (χ1v) is 10.6. The minimum atomic E-state index is -0.0244. The number of hydrogen-bond donors (Lipinski definition) is 1. The molecule has 7 heteroatoms. The molecule has 0 radical (unpaired) electrons. The number of rotatable bonds is 4. The number of ether oxygens (including phenoxy) is 1. The van der Waals surface area contributed by atoms with Crippen molar-refractivity contribution in [2.75, 3.05) is 7.11 Å². The standard InChI is InChI=1S/C22H23N3O3S/c1-28-18-13-15(10-11-17(18)26)14-19-21(27)25(16-7-3-2-4-8-16)22(29-19)24-20-9-5-6-12-23-20/h5-6,9-14,16,26H,2-4,7-8H2,1H3/b19-14-,24-22+. The van der Waals surface area contributed by atoms with E-state index in [0.29, 0.717) is 21.6 Å². The van der Waals surface area contributed by atoms with Gasteiger partial charge in [-0.05, 0) is 60.5 Å². The van der Waals surface area contributed by atoms with E-state index in [1.165, 1.54) is 25.3 Å². The van der Waals surface area contributed by atoms with Crippen molar-refractivity contribution in [3.8, 4) is 11.5 Å². The zero-order chi connectivity index (χ0) is 20.2. The Morgan fingerprint density at radius 2 is 2.07 bits per heavy atom. The number of phenols is 1. The van der Waals surface area contributed by atoms with Gasteiger partial charge in [0.1, 0.15) is 0 Å². The van der Waals surface area contributed by atoms with Gasteiger partial charge in [0.25, 0.3) is 5.91 Å².